The van der Waals surface area contributed by atoms with E-state index < -0.39 is 0 Å². The molecule has 0 aliphatic heterocycles. The van der Waals surface area contributed by atoms with E-state index in [9.17, 15) is 0 Å². The van der Waals surface area contributed by atoms with Crippen LogP contribution in [-0.2, 0) is 32.6 Å². The molecule has 2 atom stereocenters. The van der Waals surface area contributed by atoms with Crippen LogP contribution >= 0.6 is 0 Å². The predicted molar refractivity (Wildman–Crippen MR) is 115 cm³/mol. The van der Waals surface area contributed by atoms with Gasteiger partial charge in [0.1, 0.15) is 0 Å². The molecule has 0 nitrogen and oxygen atoms in total. The third kappa shape index (κ3) is 3.96. The Morgan fingerprint density at radius 1 is 0.900 bits per heavy atom. The first kappa shape index (κ1) is 25.6. The summed E-state index contributed by atoms with van der Waals surface area (Å²) in [6.07, 6.45) is 7.48. The van der Waals surface area contributed by atoms with E-state index in [0.29, 0.717) is 11.8 Å². The minimum Gasteiger partial charge on any atom is -1.00 e. The molecule has 0 N–H and O–H groups in total. The summed E-state index contributed by atoms with van der Waals surface area (Å²) >= 11 is 0. The number of fused-ring (bicyclic) bond motifs is 4. The zero-order valence-electron chi connectivity index (χ0n) is 18.5. The molecule has 1 fully saturated rings. The van der Waals surface area contributed by atoms with Crippen LogP contribution in [-0.4, -0.2) is 0 Å². The van der Waals surface area contributed by atoms with Crippen molar-refractivity contribution in [2.75, 3.05) is 0 Å². The van der Waals surface area contributed by atoms with Crippen molar-refractivity contribution in [3.05, 3.63) is 82.5 Å². The predicted octanol–water partition coefficient (Wildman–Crippen LogP) is 1.31. The first-order valence-electron chi connectivity index (χ1n) is 10.4. The van der Waals surface area contributed by atoms with E-state index in [4.69, 9.17) is 0 Å². The maximum Gasteiger partial charge on any atom is 2.00 e. The molecule has 0 radical (unpaired) electrons. The molecular formula is C27H30Cl2Zr. The second-order valence-corrected chi connectivity index (χ2v) is 10.4. The number of allylic oxidation sites excluding steroid dienone is 4. The van der Waals surface area contributed by atoms with Crippen LogP contribution in [0.25, 0.3) is 11.1 Å². The fourth-order valence-corrected chi connectivity index (χ4v) is 5.67. The van der Waals surface area contributed by atoms with Crippen molar-refractivity contribution in [3.63, 3.8) is 0 Å². The first-order valence-corrected chi connectivity index (χ1v) is 10.4. The molecule has 2 aromatic carbocycles. The van der Waals surface area contributed by atoms with Gasteiger partial charge in [0.25, 0.3) is 0 Å². The third-order valence-electron chi connectivity index (χ3n) is 7.13. The number of hydrogen-bond donors (Lipinski definition) is 0. The molecule has 156 valence electrons. The number of hydrogen-bond acceptors (Lipinski definition) is 0. The molecule has 0 bridgehead atoms. The van der Waals surface area contributed by atoms with E-state index in [1.807, 2.05) is 0 Å². The maximum atomic E-state index is 2.59. The molecule has 0 spiro atoms. The molecule has 30 heavy (non-hydrogen) atoms. The molecular weight excluding hydrogens is 486 g/mol. The average molecular weight is 517 g/mol. The topological polar surface area (TPSA) is 0 Å². The quantitative estimate of drug-likeness (QED) is 0.458. The summed E-state index contributed by atoms with van der Waals surface area (Å²) in [5.74, 6) is 1.18. The summed E-state index contributed by atoms with van der Waals surface area (Å²) in [6.45, 7) is 11.9. The van der Waals surface area contributed by atoms with Crippen molar-refractivity contribution in [3.8, 4) is 11.1 Å². The van der Waals surface area contributed by atoms with Crippen LogP contribution in [0.4, 0.5) is 0 Å². The Bertz CT molecular complexity index is 1010. The van der Waals surface area contributed by atoms with Crippen molar-refractivity contribution in [2.24, 2.45) is 16.7 Å². The SMILES string of the molecule is CC(C)(C)C1=CC2C(=C1)C(C)(C)CC2c1cccc2c1Cc1ccccc1-2.[Cl-].[Cl-].[Zr+2]. The van der Waals surface area contributed by atoms with Gasteiger partial charge >= 0.3 is 26.2 Å². The van der Waals surface area contributed by atoms with Crippen LogP contribution < -0.4 is 24.8 Å². The van der Waals surface area contributed by atoms with Gasteiger partial charge in [-0.2, -0.15) is 0 Å². The summed E-state index contributed by atoms with van der Waals surface area (Å²) < 4.78 is 0. The number of rotatable bonds is 1. The zero-order chi connectivity index (χ0) is 19.0. The van der Waals surface area contributed by atoms with Gasteiger partial charge in [0.05, 0.1) is 0 Å². The molecule has 0 amide bonds. The van der Waals surface area contributed by atoms with Crippen LogP contribution in [0.5, 0.6) is 0 Å². The molecule has 0 saturated heterocycles. The smallest absolute Gasteiger partial charge is 1.00 e. The monoisotopic (exact) mass is 514 g/mol. The molecule has 0 heterocycles. The van der Waals surface area contributed by atoms with E-state index >= 15 is 0 Å². The molecule has 2 aromatic rings. The van der Waals surface area contributed by atoms with Crippen LogP contribution in [0.3, 0.4) is 0 Å². The fraction of sp³-hybridized carbons (Fsp3) is 0.407. The molecule has 3 heteroatoms. The van der Waals surface area contributed by atoms with Gasteiger partial charge in [-0.3, -0.25) is 0 Å². The molecule has 0 aromatic heterocycles. The van der Waals surface area contributed by atoms with Crippen molar-refractivity contribution in [1.29, 1.82) is 0 Å². The maximum absolute atomic E-state index is 2.59. The van der Waals surface area contributed by atoms with Gasteiger partial charge in [-0.05, 0) is 63.0 Å². The van der Waals surface area contributed by atoms with E-state index in [1.165, 1.54) is 28.7 Å². The molecule has 5 rings (SSSR count). The van der Waals surface area contributed by atoms with Gasteiger partial charge in [-0.15, -0.1) is 0 Å². The molecule has 3 aliphatic carbocycles. The Morgan fingerprint density at radius 2 is 1.57 bits per heavy atom. The Morgan fingerprint density at radius 3 is 2.27 bits per heavy atom. The van der Waals surface area contributed by atoms with Gasteiger partial charge < -0.3 is 24.8 Å². The van der Waals surface area contributed by atoms with E-state index in [1.54, 1.807) is 16.7 Å². The second kappa shape index (κ2) is 8.73. The summed E-state index contributed by atoms with van der Waals surface area (Å²) in [5.41, 5.74) is 11.3. The van der Waals surface area contributed by atoms with Gasteiger partial charge in [0.2, 0.25) is 0 Å². The molecule has 1 saturated carbocycles. The summed E-state index contributed by atoms with van der Waals surface area (Å²) in [5, 5.41) is 0. The third-order valence-corrected chi connectivity index (χ3v) is 7.13. The van der Waals surface area contributed by atoms with Crippen molar-refractivity contribution < 1.29 is 51.0 Å². The minimum atomic E-state index is 0. The van der Waals surface area contributed by atoms with E-state index in [0.717, 1.165) is 6.42 Å². The van der Waals surface area contributed by atoms with Gasteiger partial charge in [0.15, 0.2) is 0 Å². The number of halogens is 2. The van der Waals surface area contributed by atoms with Crippen molar-refractivity contribution in [2.45, 2.75) is 53.4 Å². The fourth-order valence-electron chi connectivity index (χ4n) is 5.67. The zero-order valence-corrected chi connectivity index (χ0v) is 22.5. The minimum absolute atomic E-state index is 0. The molecule has 3 aliphatic rings. The average Bonchev–Trinajstić information content (AvgIpc) is 3.26. The molecule has 2 unspecified atom stereocenters. The summed E-state index contributed by atoms with van der Waals surface area (Å²) in [7, 11) is 0. The largest absolute Gasteiger partial charge is 2.00 e. The van der Waals surface area contributed by atoms with Crippen molar-refractivity contribution in [1.82, 2.24) is 0 Å². The van der Waals surface area contributed by atoms with Crippen LogP contribution in [0.1, 0.15) is 63.6 Å². The second-order valence-electron chi connectivity index (χ2n) is 10.4. The Labute approximate surface area is 213 Å². The number of benzene rings is 2. The van der Waals surface area contributed by atoms with Crippen LogP contribution in [0.2, 0.25) is 0 Å². The van der Waals surface area contributed by atoms with Crippen LogP contribution in [0.15, 0.2) is 65.8 Å². The van der Waals surface area contributed by atoms with Gasteiger partial charge in [-0.1, -0.05) is 94.8 Å². The Kier molecular flexibility index (Phi) is 7.46. The Hall–Kier alpha value is -0.617. The first-order chi connectivity index (χ1) is 12.8. The van der Waals surface area contributed by atoms with Crippen molar-refractivity contribution >= 4 is 0 Å². The Balaban J connectivity index is 0.00000107. The van der Waals surface area contributed by atoms with E-state index in [-0.39, 0.29) is 61.8 Å². The van der Waals surface area contributed by atoms with Gasteiger partial charge in [-0.25, -0.2) is 0 Å². The summed E-state index contributed by atoms with van der Waals surface area (Å²) in [6, 6.07) is 16.0. The van der Waals surface area contributed by atoms with Gasteiger partial charge in [0, 0.05) is 5.92 Å². The van der Waals surface area contributed by atoms with E-state index in [2.05, 4.69) is 89.2 Å². The standard InChI is InChI=1S/C27H30.2ClH.Zr/c1-26(2,3)18-14-23-24(16-27(4,5)25(23)15-18)21-12-8-11-20-19-10-7-6-9-17(19)13-22(20)21;;;/h6-12,14-15,23-24H,13,16H2,1-5H3;2*1H;/q;;;+2/p-2. The summed E-state index contributed by atoms with van der Waals surface area (Å²) in [4.78, 5) is 0. The normalized spacial score (nSPS) is 22.4. The van der Waals surface area contributed by atoms with Crippen LogP contribution in [0, 0.1) is 16.7 Å².